The molecule has 0 aliphatic heterocycles. The quantitative estimate of drug-likeness (QED) is 0.583. The van der Waals surface area contributed by atoms with Crippen molar-refractivity contribution in [1.82, 2.24) is 4.98 Å². The summed E-state index contributed by atoms with van der Waals surface area (Å²) < 4.78 is 5.35. The number of hydrogen-bond donors (Lipinski definition) is 0. The van der Waals surface area contributed by atoms with Gasteiger partial charge in [-0.2, -0.15) is 0 Å². The summed E-state index contributed by atoms with van der Waals surface area (Å²) in [5.74, 6) is 0.897. The highest BCUT2D eigenvalue weighted by atomic mass is 16.6. The van der Waals surface area contributed by atoms with Gasteiger partial charge >= 0.3 is 0 Å². The number of nitro groups is 1. The molecule has 79 valence electrons. The first kappa shape index (κ1) is 10.1. The maximum Gasteiger partial charge on any atom is 0.269 e. The summed E-state index contributed by atoms with van der Waals surface area (Å²) in [6.07, 6.45) is 2.63. The predicted molar refractivity (Wildman–Crippen MR) is 56.2 cm³/mol. The second kappa shape index (κ2) is 4.39. The third-order valence-corrected chi connectivity index (χ3v) is 1.85. The van der Waals surface area contributed by atoms with Crippen molar-refractivity contribution >= 4 is 5.69 Å². The van der Waals surface area contributed by atoms with Crippen LogP contribution in [0.25, 0.3) is 0 Å². The van der Waals surface area contributed by atoms with E-state index in [0.717, 1.165) is 0 Å². The lowest BCUT2D eigenvalue weighted by molar-refractivity contribution is -0.384. The summed E-state index contributed by atoms with van der Waals surface area (Å²) >= 11 is 0. The van der Waals surface area contributed by atoms with E-state index in [4.69, 9.17) is 4.74 Å². The molecule has 0 atom stereocenters. The SMILES string of the molecule is O=[N+]([O-])c1ccc(Oc2ccc[c]n2)cc1. The number of nitro benzene ring substituents is 1. The van der Waals surface area contributed by atoms with Crippen molar-refractivity contribution in [2.45, 2.75) is 0 Å². The van der Waals surface area contributed by atoms with E-state index in [-0.39, 0.29) is 5.69 Å². The molecule has 0 amide bonds. The number of aromatic nitrogens is 1. The van der Waals surface area contributed by atoms with Crippen LogP contribution in [0.3, 0.4) is 0 Å². The van der Waals surface area contributed by atoms with Crippen LogP contribution in [0.2, 0.25) is 0 Å². The van der Waals surface area contributed by atoms with Crippen molar-refractivity contribution in [2.24, 2.45) is 0 Å². The molecule has 5 nitrogen and oxygen atoms in total. The number of ether oxygens (including phenoxy) is 1. The van der Waals surface area contributed by atoms with Gasteiger partial charge in [-0.15, -0.1) is 0 Å². The minimum atomic E-state index is -0.460. The van der Waals surface area contributed by atoms with Crippen LogP contribution in [-0.4, -0.2) is 9.91 Å². The van der Waals surface area contributed by atoms with Crippen LogP contribution in [0.4, 0.5) is 5.69 Å². The van der Waals surface area contributed by atoms with E-state index in [1.165, 1.54) is 24.3 Å². The molecule has 0 aliphatic rings. The highest BCUT2D eigenvalue weighted by Gasteiger charge is 2.04. The smallest absolute Gasteiger partial charge is 0.269 e. The minimum absolute atomic E-state index is 0.0277. The first-order valence-electron chi connectivity index (χ1n) is 4.51. The van der Waals surface area contributed by atoms with E-state index >= 15 is 0 Å². The summed E-state index contributed by atoms with van der Waals surface area (Å²) in [7, 11) is 0. The first-order valence-corrected chi connectivity index (χ1v) is 4.51. The van der Waals surface area contributed by atoms with E-state index in [1.54, 1.807) is 18.2 Å². The Bertz CT molecular complexity index is 482. The van der Waals surface area contributed by atoms with Crippen molar-refractivity contribution in [3.05, 3.63) is 58.8 Å². The van der Waals surface area contributed by atoms with Gasteiger partial charge in [-0.05, 0) is 18.2 Å². The Balaban J connectivity index is 2.14. The topological polar surface area (TPSA) is 65.3 Å². The van der Waals surface area contributed by atoms with Gasteiger partial charge in [0.2, 0.25) is 5.88 Å². The average molecular weight is 215 g/mol. The van der Waals surface area contributed by atoms with Crippen molar-refractivity contribution in [3.63, 3.8) is 0 Å². The second-order valence-electron chi connectivity index (χ2n) is 2.96. The number of benzene rings is 1. The highest BCUT2D eigenvalue weighted by molar-refractivity contribution is 5.37. The van der Waals surface area contributed by atoms with Crippen molar-refractivity contribution < 1.29 is 9.66 Å². The van der Waals surface area contributed by atoms with Crippen LogP contribution in [-0.2, 0) is 0 Å². The molecule has 5 heteroatoms. The summed E-state index contributed by atoms with van der Waals surface area (Å²) in [6, 6.07) is 10.9. The molecule has 0 bridgehead atoms. The molecule has 1 aromatic carbocycles. The monoisotopic (exact) mass is 215 g/mol. The Morgan fingerprint density at radius 3 is 2.56 bits per heavy atom. The zero-order valence-electron chi connectivity index (χ0n) is 8.16. The van der Waals surface area contributed by atoms with Crippen LogP contribution >= 0.6 is 0 Å². The molecule has 1 aromatic heterocycles. The van der Waals surface area contributed by atoms with Crippen molar-refractivity contribution in [3.8, 4) is 11.6 Å². The molecule has 0 saturated carbocycles. The van der Waals surface area contributed by atoms with Crippen LogP contribution in [0.5, 0.6) is 11.6 Å². The zero-order chi connectivity index (χ0) is 11.4. The molecule has 1 heterocycles. The molecule has 0 saturated heterocycles. The average Bonchev–Trinajstić information content (AvgIpc) is 2.31. The van der Waals surface area contributed by atoms with Gasteiger partial charge in [0.1, 0.15) is 5.75 Å². The fraction of sp³-hybridized carbons (Fsp3) is 0. The number of non-ortho nitro benzene ring substituents is 1. The third kappa shape index (κ3) is 2.33. The molecule has 0 aliphatic carbocycles. The zero-order valence-corrected chi connectivity index (χ0v) is 8.16. The number of pyridine rings is 1. The van der Waals surface area contributed by atoms with Gasteiger partial charge in [-0.25, -0.2) is 4.98 Å². The maximum atomic E-state index is 10.4. The van der Waals surface area contributed by atoms with Gasteiger partial charge in [0, 0.05) is 18.2 Å². The molecule has 16 heavy (non-hydrogen) atoms. The van der Waals surface area contributed by atoms with E-state index in [0.29, 0.717) is 11.6 Å². The molecule has 2 rings (SSSR count). The summed E-state index contributed by atoms with van der Waals surface area (Å²) in [4.78, 5) is 13.8. The van der Waals surface area contributed by atoms with Gasteiger partial charge in [-0.3, -0.25) is 10.1 Å². The van der Waals surface area contributed by atoms with Gasteiger partial charge in [0.15, 0.2) is 0 Å². The normalized spacial score (nSPS) is 9.75. The summed E-state index contributed by atoms with van der Waals surface area (Å²) in [5.41, 5.74) is 0.0277. The first-order chi connectivity index (χ1) is 7.75. The molecule has 0 N–H and O–H groups in total. The second-order valence-corrected chi connectivity index (χ2v) is 2.96. The lowest BCUT2D eigenvalue weighted by Gasteiger charge is -2.02. The molecule has 1 radical (unpaired) electrons. The van der Waals surface area contributed by atoms with Gasteiger partial charge in [0.05, 0.1) is 11.1 Å². The van der Waals surface area contributed by atoms with E-state index in [2.05, 4.69) is 11.2 Å². The number of hydrogen-bond acceptors (Lipinski definition) is 4. The molecule has 2 aromatic rings. The van der Waals surface area contributed by atoms with Gasteiger partial charge < -0.3 is 4.74 Å². The Hall–Kier alpha value is -2.43. The predicted octanol–water partition coefficient (Wildman–Crippen LogP) is 2.58. The molecule has 0 spiro atoms. The Morgan fingerprint density at radius 1 is 1.25 bits per heavy atom. The summed E-state index contributed by atoms with van der Waals surface area (Å²) in [6.45, 7) is 0. The van der Waals surface area contributed by atoms with Gasteiger partial charge in [0.25, 0.3) is 5.69 Å². The largest absolute Gasteiger partial charge is 0.439 e. The number of nitrogens with zero attached hydrogens (tertiary/aromatic N) is 2. The van der Waals surface area contributed by atoms with Crippen LogP contribution in [0, 0.1) is 16.3 Å². The van der Waals surface area contributed by atoms with E-state index < -0.39 is 4.92 Å². The fourth-order valence-electron chi connectivity index (χ4n) is 1.13. The van der Waals surface area contributed by atoms with E-state index in [1.807, 2.05) is 0 Å². The summed E-state index contributed by atoms with van der Waals surface area (Å²) in [5, 5.41) is 10.4. The van der Waals surface area contributed by atoms with Crippen molar-refractivity contribution in [1.29, 1.82) is 0 Å². The lowest BCUT2D eigenvalue weighted by Crippen LogP contribution is -1.89. The Morgan fingerprint density at radius 2 is 2.00 bits per heavy atom. The highest BCUT2D eigenvalue weighted by Crippen LogP contribution is 2.21. The third-order valence-electron chi connectivity index (χ3n) is 1.85. The molecule has 0 unspecified atom stereocenters. The fourth-order valence-corrected chi connectivity index (χ4v) is 1.13. The minimum Gasteiger partial charge on any atom is -0.439 e. The number of rotatable bonds is 3. The Kier molecular flexibility index (Phi) is 2.77. The van der Waals surface area contributed by atoms with Gasteiger partial charge in [-0.1, -0.05) is 6.07 Å². The van der Waals surface area contributed by atoms with Crippen LogP contribution < -0.4 is 4.74 Å². The van der Waals surface area contributed by atoms with Crippen LogP contribution in [0.15, 0.2) is 42.5 Å². The molecular weight excluding hydrogens is 208 g/mol. The standard InChI is InChI=1S/C11H7N2O3/c14-13(15)9-4-6-10(7-5-9)16-11-3-1-2-8-12-11/h1-7H. The maximum absolute atomic E-state index is 10.4. The van der Waals surface area contributed by atoms with Crippen LogP contribution in [0.1, 0.15) is 0 Å². The molecular formula is C11H7N2O3. The lowest BCUT2D eigenvalue weighted by atomic mass is 10.3. The van der Waals surface area contributed by atoms with E-state index in [9.17, 15) is 10.1 Å². The van der Waals surface area contributed by atoms with Crippen molar-refractivity contribution in [2.75, 3.05) is 0 Å². The molecule has 0 fully saturated rings. The Labute approximate surface area is 91.5 Å².